The summed E-state index contributed by atoms with van der Waals surface area (Å²) in [7, 11) is 0. The van der Waals surface area contributed by atoms with Crippen molar-refractivity contribution in [3.63, 3.8) is 0 Å². The molecule has 0 aromatic heterocycles. The van der Waals surface area contributed by atoms with Crippen molar-refractivity contribution in [2.75, 3.05) is 6.54 Å². The molecule has 56 valence electrons. The van der Waals surface area contributed by atoms with E-state index in [0.717, 1.165) is 18.4 Å². The zero-order chi connectivity index (χ0) is 5.98. The van der Waals surface area contributed by atoms with Gasteiger partial charge >= 0.3 is 0 Å². The molecule has 2 atom stereocenters. The Bertz CT molecular complexity index is 75.3. The Balaban J connectivity index is 0.000000640. The van der Waals surface area contributed by atoms with Gasteiger partial charge in [0.1, 0.15) is 0 Å². The van der Waals surface area contributed by atoms with Gasteiger partial charge < -0.3 is 5.73 Å². The second-order valence-corrected chi connectivity index (χ2v) is 2.90. The van der Waals surface area contributed by atoms with Crippen LogP contribution < -0.4 is 5.73 Å². The smallest absolute Gasteiger partial charge is 0.00772 e. The number of nitrogens with two attached hydrogens (primary N) is 1. The molecule has 1 fully saturated rings. The van der Waals surface area contributed by atoms with Gasteiger partial charge in [-0.3, -0.25) is 0 Å². The Morgan fingerprint density at radius 3 is 2.44 bits per heavy atom. The van der Waals surface area contributed by atoms with E-state index in [4.69, 9.17) is 5.73 Å². The van der Waals surface area contributed by atoms with Crippen molar-refractivity contribution in [3.8, 4) is 0 Å². The summed E-state index contributed by atoms with van der Waals surface area (Å²) in [5.41, 5.74) is 5.35. The third-order valence-electron chi connectivity index (χ3n) is 2.06. The molecule has 9 heavy (non-hydrogen) atoms. The van der Waals surface area contributed by atoms with E-state index in [1.807, 2.05) is 0 Å². The second-order valence-electron chi connectivity index (χ2n) is 2.90. The molecule has 2 unspecified atom stereocenters. The Morgan fingerprint density at radius 1 is 1.56 bits per heavy atom. The van der Waals surface area contributed by atoms with Crippen LogP contribution in [-0.2, 0) is 0 Å². The second kappa shape index (κ2) is 4.13. The minimum absolute atomic E-state index is 0. The first kappa shape index (κ1) is 9.25. The lowest BCUT2D eigenvalue weighted by Gasteiger charge is -1.91. The fraction of sp³-hybridized carbons (Fsp3) is 1.00. The van der Waals surface area contributed by atoms with Crippen LogP contribution in [0.1, 0.15) is 26.2 Å². The molecule has 0 aromatic carbocycles. The molecule has 0 amide bonds. The summed E-state index contributed by atoms with van der Waals surface area (Å²) < 4.78 is 0. The Hall–Kier alpha value is 0.250. The summed E-state index contributed by atoms with van der Waals surface area (Å²) >= 11 is 0. The van der Waals surface area contributed by atoms with Crippen molar-refractivity contribution in [1.82, 2.24) is 0 Å². The van der Waals surface area contributed by atoms with Crippen LogP contribution in [0.2, 0.25) is 0 Å². The van der Waals surface area contributed by atoms with E-state index < -0.39 is 0 Å². The van der Waals surface area contributed by atoms with Crippen molar-refractivity contribution in [1.29, 1.82) is 0 Å². The van der Waals surface area contributed by atoms with E-state index >= 15 is 0 Å². The van der Waals surface area contributed by atoms with E-state index in [2.05, 4.69) is 6.92 Å². The van der Waals surface area contributed by atoms with Crippen molar-refractivity contribution >= 4 is 12.4 Å². The molecule has 1 nitrogen and oxygen atoms in total. The van der Waals surface area contributed by atoms with Crippen LogP contribution in [0.15, 0.2) is 0 Å². The molecule has 0 aromatic rings. The standard InChI is InChI=1S/C7H15N.ClH/c1-6-5-7(6)3-2-4-8;/h6-7H,2-5,8H2,1H3;1H. The lowest BCUT2D eigenvalue weighted by molar-refractivity contribution is 0.636. The molecule has 0 radical (unpaired) electrons. The Morgan fingerprint density at radius 2 is 2.11 bits per heavy atom. The first-order valence-corrected chi connectivity index (χ1v) is 3.54. The highest BCUT2D eigenvalue weighted by atomic mass is 35.5. The van der Waals surface area contributed by atoms with Crippen molar-refractivity contribution < 1.29 is 0 Å². The predicted octanol–water partition coefficient (Wildman–Crippen LogP) is 1.80. The molecular formula is C7H16ClN. The maximum Gasteiger partial charge on any atom is -0.00772 e. The van der Waals surface area contributed by atoms with Gasteiger partial charge in [-0.15, -0.1) is 12.4 Å². The third-order valence-corrected chi connectivity index (χ3v) is 2.06. The molecule has 1 aliphatic rings. The number of halogens is 1. The first-order chi connectivity index (χ1) is 3.84. The van der Waals surface area contributed by atoms with Crippen LogP contribution >= 0.6 is 12.4 Å². The molecular weight excluding hydrogens is 134 g/mol. The van der Waals surface area contributed by atoms with Crippen LogP contribution in [0.4, 0.5) is 0 Å². The van der Waals surface area contributed by atoms with E-state index in [9.17, 15) is 0 Å². The van der Waals surface area contributed by atoms with Gasteiger partial charge in [-0.1, -0.05) is 6.92 Å². The van der Waals surface area contributed by atoms with E-state index in [0.29, 0.717) is 0 Å². The molecule has 0 heterocycles. The van der Waals surface area contributed by atoms with Gasteiger partial charge in [0, 0.05) is 0 Å². The SMILES string of the molecule is CC1CC1CCCN.Cl. The van der Waals surface area contributed by atoms with Crippen LogP contribution in [-0.4, -0.2) is 6.54 Å². The fourth-order valence-corrected chi connectivity index (χ4v) is 1.18. The number of hydrogen-bond donors (Lipinski definition) is 1. The summed E-state index contributed by atoms with van der Waals surface area (Å²) in [4.78, 5) is 0. The minimum atomic E-state index is 0. The molecule has 2 heteroatoms. The monoisotopic (exact) mass is 149 g/mol. The zero-order valence-electron chi connectivity index (χ0n) is 5.97. The maximum atomic E-state index is 5.35. The van der Waals surface area contributed by atoms with Gasteiger partial charge in [0.25, 0.3) is 0 Å². The normalized spacial score (nSPS) is 31.3. The van der Waals surface area contributed by atoms with Crippen molar-refractivity contribution in [2.24, 2.45) is 17.6 Å². The Labute approximate surface area is 63.4 Å². The van der Waals surface area contributed by atoms with E-state index in [-0.39, 0.29) is 12.4 Å². The fourth-order valence-electron chi connectivity index (χ4n) is 1.18. The van der Waals surface area contributed by atoms with Gasteiger partial charge in [-0.2, -0.15) is 0 Å². The molecule has 0 saturated heterocycles. The average molecular weight is 150 g/mol. The zero-order valence-corrected chi connectivity index (χ0v) is 6.79. The third kappa shape index (κ3) is 3.07. The summed E-state index contributed by atoms with van der Waals surface area (Å²) in [6.45, 7) is 3.20. The van der Waals surface area contributed by atoms with Crippen LogP contribution in [0.5, 0.6) is 0 Å². The molecule has 1 saturated carbocycles. The minimum Gasteiger partial charge on any atom is -0.330 e. The largest absolute Gasteiger partial charge is 0.330 e. The first-order valence-electron chi connectivity index (χ1n) is 3.54. The van der Waals surface area contributed by atoms with Crippen LogP contribution in [0, 0.1) is 11.8 Å². The number of hydrogen-bond acceptors (Lipinski definition) is 1. The quantitative estimate of drug-likeness (QED) is 0.651. The topological polar surface area (TPSA) is 26.0 Å². The predicted molar refractivity (Wildman–Crippen MR) is 42.8 cm³/mol. The van der Waals surface area contributed by atoms with Crippen LogP contribution in [0.3, 0.4) is 0 Å². The summed E-state index contributed by atoms with van der Waals surface area (Å²) in [5.74, 6) is 2.06. The van der Waals surface area contributed by atoms with E-state index in [1.165, 1.54) is 19.3 Å². The highest BCUT2D eigenvalue weighted by Gasteiger charge is 2.30. The van der Waals surface area contributed by atoms with Gasteiger partial charge in [-0.25, -0.2) is 0 Å². The molecule has 1 aliphatic carbocycles. The molecule has 0 bridgehead atoms. The summed E-state index contributed by atoms with van der Waals surface area (Å²) in [6.07, 6.45) is 4.06. The van der Waals surface area contributed by atoms with Gasteiger partial charge in [0.15, 0.2) is 0 Å². The van der Waals surface area contributed by atoms with Crippen LogP contribution in [0.25, 0.3) is 0 Å². The van der Waals surface area contributed by atoms with Crippen molar-refractivity contribution in [2.45, 2.75) is 26.2 Å². The molecule has 1 rings (SSSR count). The maximum absolute atomic E-state index is 5.35. The van der Waals surface area contributed by atoms with E-state index in [1.54, 1.807) is 0 Å². The van der Waals surface area contributed by atoms with Gasteiger partial charge in [-0.05, 0) is 37.6 Å². The summed E-state index contributed by atoms with van der Waals surface area (Å²) in [6, 6.07) is 0. The average Bonchev–Trinajstić information content (AvgIpc) is 2.42. The highest BCUT2D eigenvalue weighted by Crippen LogP contribution is 2.40. The van der Waals surface area contributed by atoms with Gasteiger partial charge in [0.05, 0.1) is 0 Å². The molecule has 2 N–H and O–H groups in total. The lowest BCUT2D eigenvalue weighted by Crippen LogP contribution is -1.98. The lowest BCUT2D eigenvalue weighted by atomic mass is 10.2. The van der Waals surface area contributed by atoms with Gasteiger partial charge in [0.2, 0.25) is 0 Å². The number of rotatable bonds is 3. The molecule has 0 spiro atoms. The summed E-state index contributed by atoms with van der Waals surface area (Å²) in [5, 5.41) is 0. The van der Waals surface area contributed by atoms with Crippen molar-refractivity contribution in [3.05, 3.63) is 0 Å². The Kier molecular flexibility index (Phi) is 4.24. The molecule has 0 aliphatic heterocycles. The highest BCUT2D eigenvalue weighted by molar-refractivity contribution is 5.85.